The van der Waals surface area contributed by atoms with Gasteiger partial charge in [0.2, 0.25) is 0 Å². The summed E-state index contributed by atoms with van der Waals surface area (Å²) < 4.78 is 0. The molecule has 0 unspecified atom stereocenters. The number of nitrogens with one attached hydrogen (secondary N) is 1. The van der Waals surface area contributed by atoms with Crippen LogP contribution in [0, 0.1) is 5.92 Å². The van der Waals surface area contributed by atoms with E-state index in [0.717, 1.165) is 18.8 Å². The number of rotatable bonds is 2. The first-order valence-corrected chi connectivity index (χ1v) is 6.60. The second-order valence-electron chi connectivity index (χ2n) is 4.91. The Morgan fingerprint density at radius 2 is 1.88 bits per heavy atom. The van der Waals surface area contributed by atoms with Gasteiger partial charge in [-0.1, -0.05) is 30.7 Å². The van der Waals surface area contributed by atoms with Crippen molar-refractivity contribution < 1.29 is 4.79 Å². The molecule has 0 atom stereocenters. The van der Waals surface area contributed by atoms with Crippen LogP contribution in [0.1, 0.15) is 43.0 Å². The van der Waals surface area contributed by atoms with Crippen LogP contribution in [0.4, 0.5) is 0 Å². The van der Waals surface area contributed by atoms with Crippen molar-refractivity contribution in [3.8, 4) is 0 Å². The topological polar surface area (TPSA) is 29.1 Å². The molecule has 0 heterocycles. The van der Waals surface area contributed by atoms with Crippen molar-refractivity contribution in [2.75, 3.05) is 0 Å². The van der Waals surface area contributed by atoms with E-state index in [-0.39, 0.29) is 5.91 Å². The third-order valence-electron chi connectivity index (χ3n) is 3.47. The van der Waals surface area contributed by atoms with E-state index in [2.05, 4.69) is 12.2 Å². The van der Waals surface area contributed by atoms with Gasteiger partial charge in [0, 0.05) is 6.04 Å². The average molecular weight is 252 g/mol. The second-order valence-corrected chi connectivity index (χ2v) is 5.32. The van der Waals surface area contributed by atoms with Gasteiger partial charge < -0.3 is 5.32 Å². The monoisotopic (exact) mass is 251 g/mol. The summed E-state index contributed by atoms with van der Waals surface area (Å²) in [5, 5.41) is 3.60. The Bertz CT molecular complexity index is 397. The fraction of sp³-hybridized carbons (Fsp3) is 0.500. The predicted molar refractivity (Wildman–Crippen MR) is 70.3 cm³/mol. The number of benzene rings is 1. The van der Waals surface area contributed by atoms with Gasteiger partial charge in [0.15, 0.2) is 0 Å². The third-order valence-corrected chi connectivity index (χ3v) is 3.80. The van der Waals surface area contributed by atoms with Gasteiger partial charge in [0.25, 0.3) is 5.91 Å². The van der Waals surface area contributed by atoms with Gasteiger partial charge in [-0.3, -0.25) is 4.79 Å². The number of amides is 1. The summed E-state index contributed by atoms with van der Waals surface area (Å²) in [5.74, 6) is 0.749. The molecule has 0 radical (unpaired) electrons. The lowest BCUT2D eigenvalue weighted by Gasteiger charge is -2.27. The molecule has 0 aliphatic heterocycles. The molecule has 3 heteroatoms. The molecule has 0 spiro atoms. The largest absolute Gasteiger partial charge is 0.349 e. The molecule has 92 valence electrons. The Morgan fingerprint density at radius 3 is 2.53 bits per heavy atom. The van der Waals surface area contributed by atoms with Crippen LogP contribution in [0.5, 0.6) is 0 Å². The van der Waals surface area contributed by atoms with Crippen LogP contribution in [0.3, 0.4) is 0 Å². The molecule has 1 aliphatic rings. The van der Waals surface area contributed by atoms with Crippen molar-refractivity contribution in [2.24, 2.45) is 5.92 Å². The summed E-state index contributed by atoms with van der Waals surface area (Å²) in [6.07, 6.45) is 4.57. The minimum atomic E-state index is -0.0462. The minimum Gasteiger partial charge on any atom is -0.349 e. The highest BCUT2D eigenvalue weighted by Crippen LogP contribution is 2.24. The van der Waals surface area contributed by atoms with E-state index in [4.69, 9.17) is 11.6 Å². The Kier molecular flexibility index (Phi) is 4.06. The molecule has 1 aromatic rings. The first-order valence-electron chi connectivity index (χ1n) is 6.22. The molecule has 1 fully saturated rings. The van der Waals surface area contributed by atoms with Crippen LogP contribution in [0.25, 0.3) is 0 Å². The van der Waals surface area contributed by atoms with Crippen molar-refractivity contribution in [3.63, 3.8) is 0 Å². The Balaban J connectivity index is 1.96. The molecule has 2 rings (SSSR count). The van der Waals surface area contributed by atoms with Crippen molar-refractivity contribution in [1.82, 2.24) is 5.32 Å². The van der Waals surface area contributed by atoms with Gasteiger partial charge >= 0.3 is 0 Å². The fourth-order valence-electron chi connectivity index (χ4n) is 2.31. The molecule has 0 bridgehead atoms. The molecule has 1 saturated carbocycles. The smallest absolute Gasteiger partial charge is 0.253 e. The molecule has 1 amide bonds. The Labute approximate surface area is 107 Å². The average Bonchev–Trinajstić information content (AvgIpc) is 2.32. The van der Waals surface area contributed by atoms with Crippen LogP contribution >= 0.6 is 11.6 Å². The van der Waals surface area contributed by atoms with Gasteiger partial charge in [-0.2, -0.15) is 0 Å². The van der Waals surface area contributed by atoms with Crippen LogP contribution in [-0.2, 0) is 0 Å². The maximum Gasteiger partial charge on any atom is 0.253 e. The summed E-state index contributed by atoms with van der Waals surface area (Å²) >= 11 is 6.00. The van der Waals surface area contributed by atoms with E-state index in [9.17, 15) is 4.79 Å². The van der Waals surface area contributed by atoms with Gasteiger partial charge in [-0.15, -0.1) is 0 Å². The zero-order valence-electron chi connectivity index (χ0n) is 10.1. The van der Waals surface area contributed by atoms with E-state index in [1.807, 2.05) is 12.1 Å². The van der Waals surface area contributed by atoms with Crippen LogP contribution in [0.15, 0.2) is 24.3 Å². The zero-order valence-corrected chi connectivity index (χ0v) is 10.8. The number of carbonyl (C=O) groups excluding carboxylic acids is 1. The molecule has 0 saturated heterocycles. The van der Waals surface area contributed by atoms with Crippen LogP contribution < -0.4 is 5.32 Å². The molecular weight excluding hydrogens is 234 g/mol. The van der Waals surface area contributed by atoms with E-state index in [0.29, 0.717) is 16.6 Å². The molecule has 1 N–H and O–H groups in total. The van der Waals surface area contributed by atoms with Gasteiger partial charge in [0.1, 0.15) is 0 Å². The molecular formula is C14H18ClNO. The summed E-state index contributed by atoms with van der Waals surface area (Å²) in [4.78, 5) is 12.0. The highest BCUT2D eigenvalue weighted by atomic mass is 35.5. The molecule has 1 aliphatic carbocycles. The number of halogens is 1. The highest BCUT2D eigenvalue weighted by Gasteiger charge is 2.20. The molecule has 17 heavy (non-hydrogen) atoms. The Hall–Kier alpha value is -1.02. The van der Waals surface area contributed by atoms with Gasteiger partial charge in [-0.05, 0) is 43.7 Å². The quantitative estimate of drug-likeness (QED) is 0.854. The SMILES string of the molecule is CC1CCC(NC(=O)c2ccccc2Cl)CC1. The van der Waals surface area contributed by atoms with Gasteiger partial charge in [0.05, 0.1) is 10.6 Å². The second kappa shape index (κ2) is 5.54. The van der Waals surface area contributed by atoms with Crippen molar-refractivity contribution >= 4 is 17.5 Å². The first-order chi connectivity index (χ1) is 8.16. The normalized spacial score (nSPS) is 24.4. The van der Waals surface area contributed by atoms with E-state index < -0.39 is 0 Å². The summed E-state index contributed by atoms with van der Waals surface area (Å²) in [7, 11) is 0. The van der Waals surface area contributed by atoms with Crippen molar-refractivity contribution in [1.29, 1.82) is 0 Å². The molecule has 0 aromatic heterocycles. The third kappa shape index (κ3) is 3.22. The van der Waals surface area contributed by atoms with Gasteiger partial charge in [-0.25, -0.2) is 0 Å². The number of hydrogen-bond donors (Lipinski definition) is 1. The predicted octanol–water partition coefficient (Wildman–Crippen LogP) is 3.65. The number of hydrogen-bond acceptors (Lipinski definition) is 1. The lowest BCUT2D eigenvalue weighted by Crippen LogP contribution is -2.37. The maximum absolute atomic E-state index is 12.0. The maximum atomic E-state index is 12.0. The summed E-state index contributed by atoms with van der Waals surface area (Å²) in [6.45, 7) is 2.27. The highest BCUT2D eigenvalue weighted by molar-refractivity contribution is 6.33. The van der Waals surface area contributed by atoms with Crippen molar-refractivity contribution in [3.05, 3.63) is 34.9 Å². The fourth-order valence-corrected chi connectivity index (χ4v) is 2.53. The van der Waals surface area contributed by atoms with Crippen LogP contribution in [0.2, 0.25) is 5.02 Å². The van der Waals surface area contributed by atoms with Crippen LogP contribution in [-0.4, -0.2) is 11.9 Å². The van der Waals surface area contributed by atoms with E-state index >= 15 is 0 Å². The summed E-state index contributed by atoms with van der Waals surface area (Å²) in [6, 6.07) is 7.50. The zero-order chi connectivity index (χ0) is 12.3. The van der Waals surface area contributed by atoms with E-state index in [1.165, 1.54) is 12.8 Å². The van der Waals surface area contributed by atoms with E-state index in [1.54, 1.807) is 12.1 Å². The van der Waals surface area contributed by atoms with Crippen molar-refractivity contribution in [2.45, 2.75) is 38.6 Å². The summed E-state index contributed by atoms with van der Waals surface area (Å²) in [5.41, 5.74) is 0.577. The lowest BCUT2D eigenvalue weighted by molar-refractivity contribution is 0.0923. The molecule has 1 aromatic carbocycles. The lowest BCUT2D eigenvalue weighted by atomic mass is 9.87. The first kappa shape index (κ1) is 12.4. The molecule has 2 nitrogen and oxygen atoms in total. The minimum absolute atomic E-state index is 0.0462. The number of carbonyl (C=O) groups is 1. The standard InChI is InChI=1S/C14H18ClNO/c1-10-6-8-11(9-7-10)16-14(17)12-4-2-3-5-13(12)15/h2-5,10-11H,6-9H2,1H3,(H,16,17). The Morgan fingerprint density at radius 1 is 1.24 bits per heavy atom.